The summed E-state index contributed by atoms with van der Waals surface area (Å²) in [6.45, 7) is 0. The Hall–Kier alpha value is -1.08. The van der Waals surface area contributed by atoms with E-state index in [1.165, 1.54) is 48.5 Å². The van der Waals surface area contributed by atoms with Gasteiger partial charge in [-0.1, -0.05) is 23.2 Å². The number of sulfone groups is 2. The van der Waals surface area contributed by atoms with Crippen molar-refractivity contribution in [2.45, 2.75) is 16.2 Å². The van der Waals surface area contributed by atoms with Gasteiger partial charge in [0.25, 0.3) is 0 Å². The predicted molar refractivity (Wildman–Crippen MR) is 91.6 cm³/mol. The minimum atomic E-state index is -3.53. The zero-order chi connectivity index (χ0) is 17.1. The predicted octanol–water partition coefficient (Wildman–Crippen LogP) is 3.63. The van der Waals surface area contributed by atoms with Crippen molar-refractivity contribution in [2.75, 3.05) is 11.5 Å². The lowest BCUT2D eigenvalue weighted by atomic mass is 10.4. The Morgan fingerprint density at radius 3 is 1.22 bits per heavy atom. The molecule has 0 spiro atoms. The van der Waals surface area contributed by atoms with Gasteiger partial charge >= 0.3 is 0 Å². The molecular weight excluding hydrogens is 379 g/mol. The van der Waals surface area contributed by atoms with Crippen molar-refractivity contribution in [2.24, 2.45) is 0 Å². The third-order valence-electron chi connectivity index (χ3n) is 3.17. The lowest BCUT2D eigenvalue weighted by Crippen LogP contribution is -2.13. The van der Waals surface area contributed by atoms with Crippen LogP contribution in [0.1, 0.15) is 6.42 Å². The van der Waals surface area contributed by atoms with Gasteiger partial charge in [-0.25, -0.2) is 16.8 Å². The van der Waals surface area contributed by atoms with Crippen LogP contribution in [0.3, 0.4) is 0 Å². The second kappa shape index (κ2) is 7.21. The second-order valence-corrected chi connectivity index (χ2v) is 9.99. The maximum atomic E-state index is 12.2. The van der Waals surface area contributed by atoms with Crippen molar-refractivity contribution < 1.29 is 16.8 Å². The van der Waals surface area contributed by atoms with Crippen LogP contribution in [0.4, 0.5) is 0 Å². The van der Waals surface area contributed by atoms with Crippen LogP contribution in [-0.4, -0.2) is 28.3 Å². The first-order valence-electron chi connectivity index (χ1n) is 6.67. The van der Waals surface area contributed by atoms with Gasteiger partial charge in [0.1, 0.15) is 0 Å². The van der Waals surface area contributed by atoms with E-state index in [1.54, 1.807) is 0 Å². The van der Waals surface area contributed by atoms with Gasteiger partial charge in [-0.2, -0.15) is 0 Å². The zero-order valence-corrected chi connectivity index (χ0v) is 15.1. The molecule has 2 rings (SSSR count). The van der Waals surface area contributed by atoms with E-state index in [0.29, 0.717) is 10.0 Å². The Balaban J connectivity index is 2.03. The first-order valence-corrected chi connectivity index (χ1v) is 10.7. The van der Waals surface area contributed by atoms with Crippen LogP contribution in [0.5, 0.6) is 0 Å². The highest BCUT2D eigenvalue weighted by molar-refractivity contribution is 7.92. The zero-order valence-electron chi connectivity index (χ0n) is 11.9. The molecule has 0 unspecified atom stereocenters. The first-order chi connectivity index (χ1) is 10.7. The van der Waals surface area contributed by atoms with Gasteiger partial charge in [0, 0.05) is 10.0 Å². The first kappa shape index (κ1) is 18.3. The minimum Gasteiger partial charge on any atom is -0.224 e. The smallest absolute Gasteiger partial charge is 0.178 e. The maximum Gasteiger partial charge on any atom is 0.178 e. The highest BCUT2D eigenvalue weighted by Crippen LogP contribution is 2.19. The molecule has 124 valence electrons. The molecule has 8 heteroatoms. The fourth-order valence-corrected chi connectivity index (χ4v) is 5.01. The third kappa shape index (κ3) is 4.94. The largest absolute Gasteiger partial charge is 0.224 e. The summed E-state index contributed by atoms with van der Waals surface area (Å²) in [6, 6.07) is 11.6. The summed E-state index contributed by atoms with van der Waals surface area (Å²) in [7, 11) is -7.07. The van der Waals surface area contributed by atoms with E-state index in [4.69, 9.17) is 23.2 Å². The fraction of sp³-hybridized carbons (Fsp3) is 0.200. The van der Waals surface area contributed by atoms with Crippen LogP contribution in [-0.2, 0) is 19.7 Å². The molecule has 2 aromatic carbocycles. The van der Waals surface area contributed by atoms with Gasteiger partial charge in [-0.05, 0) is 55.0 Å². The Bertz CT molecular complexity index is 797. The van der Waals surface area contributed by atoms with E-state index in [-0.39, 0.29) is 27.7 Å². The summed E-state index contributed by atoms with van der Waals surface area (Å²) >= 11 is 11.4. The van der Waals surface area contributed by atoms with Crippen LogP contribution in [0.2, 0.25) is 10.0 Å². The van der Waals surface area contributed by atoms with Gasteiger partial charge in [0.05, 0.1) is 21.3 Å². The molecule has 0 aliphatic rings. The number of hydrogen-bond donors (Lipinski definition) is 0. The van der Waals surface area contributed by atoms with Gasteiger partial charge in [0.2, 0.25) is 0 Å². The van der Waals surface area contributed by atoms with Crippen LogP contribution < -0.4 is 0 Å². The molecule has 0 atom stereocenters. The quantitative estimate of drug-likeness (QED) is 0.752. The molecule has 0 amide bonds. The van der Waals surface area contributed by atoms with Gasteiger partial charge in [-0.3, -0.25) is 0 Å². The molecule has 0 saturated carbocycles. The number of rotatable bonds is 6. The highest BCUT2D eigenvalue weighted by Gasteiger charge is 2.18. The fourth-order valence-electron chi connectivity index (χ4n) is 1.96. The molecule has 0 saturated heterocycles. The maximum absolute atomic E-state index is 12.2. The van der Waals surface area contributed by atoms with Crippen LogP contribution in [0.15, 0.2) is 58.3 Å². The van der Waals surface area contributed by atoms with Crippen molar-refractivity contribution >= 4 is 42.9 Å². The molecule has 0 bridgehead atoms. The van der Waals surface area contributed by atoms with Crippen molar-refractivity contribution in [3.63, 3.8) is 0 Å². The van der Waals surface area contributed by atoms with Crippen molar-refractivity contribution in [1.82, 2.24) is 0 Å². The third-order valence-corrected chi connectivity index (χ3v) is 7.31. The molecule has 0 aliphatic heterocycles. The number of hydrogen-bond acceptors (Lipinski definition) is 4. The van der Waals surface area contributed by atoms with Crippen molar-refractivity contribution in [3.8, 4) is 0 Å². The van der Waals surface area contributed by atoms with Gasteiger partial charge < -0.3 is 0 Å². The monoisotopic (exact) mass is 392 g/mol. The van der Waals surface area contributed by atoms with E-state index in [0.717, 1.165) is 0 Å². The highest BCUT2D eigenvalue weighted by atomic mass is 35.5. The summed E-state index contributed by atoms with van der Waals surface area (Å²) in [5, 5.41) is 0.878. The second-order valence-electron chi connectivity index (χ2n) is 4.90. The Labute approximate surface area is 145 Å². The topological polar surface area (TPSA) is 68.3 Å². The molecule has 2 aromatic rings. The van der Waals surface area contributed by atoms with Crippen molar-refractivity contribution in [3.05, 3.63) is 58.6 Å². The average molecular weight is 393 g/mol. The molecule has 0 radical (unpaired) electrons. The Kier molecular flexibility index (Phi) is 5.73. The lowest BCUT2D eigenvalue weighted by molar-refractivity contribution is 0.590. The Morgan fingerprint density at radius 2 is 0.913 bits per heavy atom. The molecule has 23 heavy (non-hydrogen) atoms. The summed E-state index contributed by atoms with van der Waals surface area (Å²) in [5.41, 5.74) is 0. The van der Waals surface area contributed by atoms with E-state index in [1.807, 2.05) is 0 Å². The molecule has 4 nitrogen and oxygen atoms in total. The number of benzene rings is 2. The summed E-state index contributed by atoms with van der Waals surface area (Å²) in [4.78, 5) is 0.261. The summed E-state index contributed by atoms with van der Waals surface area (Å²) < 4.78 is 48.6. The molecular formula is C15H14Cl2O4S2. The molecule has 0 heterocycles. The lowest BCUT2D eigenvalue weighted by Gasteiger charge is -2.06. The Morgan fingerprint density at radius 1 is 0.609 bits per heavy atom. The normalized spacial score (nSPS) is 12.3. The standard InChI is InChI=1S/C15H14Cl2O4S2/c16-12-2-6-14(7-3-12)22(18,19)10-1-11-23(20,21)15-8-4-13(17)5-9-15/h2-9H,1,10-11H2. The minimum absolute atomic E-state index is 0.00984. The van der Waals surface area contributed by atoms with E-state index in [9.17, 15) is 16.8 Å². The van der Waals surface area contributed by atoms with E-state index < -0.39 is 19.7 Å². The molecule has 0 N–H and O–H groups in total. The number of halogens is 2. The van der Waals surface area contributed by atoms with E-state index >= 15 is 0 Å². The van der Waals surface area contributed by atoms with Gasteiger partial charge in [-0.15, -0.1) is 0 Å². The molecule has 0 aliphatic carbocycles. The van der Waals surface area contributed by atoms with Crippen molar-refractivity contribution in [1.29, 1.82) is 0 Å². The van der Waals surface area contributed by atoms with Crippen LogP contribution in [0.25, 0.3) is 0 Å². The van der Waals surface area contributed by atoms with Crippen LogP contribution >= 0.6 is 23.2 Å². The summed E-state index contributed by atoms with van der Waals surface area (Å²) in [5.74, 6) is -0.497. The average Bonchev–Trinajstić information content (AvgIpc) is 2.47. The summed E-state index contributed by atoms with van der Waals surface area (Å²) in [6.07, 6.45) is 0.00984. The SMILES string of the molecule is O=S(=O)(CCCS(=O)(=O)c1ccc(Cl)cc1)c1ccc(Cl)cc1. The van der Waals surface area contributed by atoms with Crippen LogP contribution in [0, 0.1) is 0 Å². The molecule has 0 fully saturated rings. The molecule has 0 aromatic heterocycles. The van der Waals surface area contributed by atoms with E-state index in [2.05, 4.69) is 0 Å². The van der Waals surface area contributed by atoms with Gasteiger partial charge in [0.15, 0.2) is 19.7 Å².